The van der Waals surface area contributed by atoms with Crippen LogP contribution in [0.25, 0.3) is 0 Å². The van der Waals surface area contributed by atoms with Crippen LogP contribution < -0.4 is 0 Å². The maximum absolute atomic E-state index is 12.6. The lowest BCUT2D eigenvalue weighted by atomic mass is 9.78. The van der Waals surface area contributed by atoms with Crippen LogP contribution >= 0.6 is 0 Å². The molecule has 0 atom stereocenters. The summed E-state index contributed by atoms with van der Waals surface area (Å²) in [6.07, 6.45) is -2.24. The molecule has 0 bridgehead atoms. The fourth-order valence-corrected chi connectivity index (χ4v) is 2.86. The van der Waals surface area contributed by atoms with Gasteiger partial charge < -0.3 is 4.74 Å². The highest BCUT2D eigenvalue weighted by Gasteiger charge is 2.41. The van der Waals surface area contributed by atoms with Crippen molar-refractivity contribution in [2.45, 2.75) is 51.3 Å². The largest absolute Gasteiger partial charge is 0.391 e. The Hall–Kier alpha value is -1.03. The summed E-state index contributed by atoms with van der Waals surface area (Å²) in [5.41, 5.74) is 2.27. The molecular formula is C16H21F3O. The lowest BCUT2D eigenvalue weighted by Gasteiger charge is -2.30. The van der Waals surface area contributed by atoms with Crippen LogP contribution in [0.2, 0.25) is 0 Å². The van der Waals surface area contributed by atoms with Gasteiger partial charge in [0.15, 0.2) is 0 Å². The molecule has 1 aromatic carbocycles. The van der Waals surface area contributed by atoms with E-state index in [1.54, 1.807) is 0 Å². The highest BCUT2D eigenvalue weighted by molar-refractivity contribution is 5.25. The smallest absolute Gasteiger partial charge is 0.377 e. The molecule has 0 saturated heterocycles. The average Bonchev–Trinajstić information content (AvgIpc) is 2.45. The summed E-state index contributed by atoms with van der Waals surface area (Å²) in [5.74, 6) is -0.828. The third-order valence-corrected chi connectivity index (χ3v) is 4.11. The van der Waals surface area contributed by atoms with E-state index in [1.807, 2.05) is 31.2 Å². The van der Waals surface area contributed by atoms with Gasteiger partial charge in [-0.15, -0.1) is 0 Å². The van der Waals surface area contributed by atoms with Crippen LogP contribution in [0.4, 0.5) is 13.2 Å². The molecule has 112 valence electrons. The molecule has 20 heavy (non-hydrogen) atoms. The fourth-order valence-electron chi connectivity index (χ4n) is 2.86. The summed E-state index contributed by atoms with van der Waals surface area (Å²) >= 11 is 0. The van der Waals surface area contributed by atoms with Crippen LogP contribution in [0.3, 0.4) is 0 Å². The van der Waals surface area contributed by atoms with E-state index in [-0.39, 0.29) is 18.8 Å². The van der Waals surface area contributed by atoms with Crippen LogP contribution in [0, 0.1) is 5.92 Å². The van der Waals surface area contributed by atoms with E-state index in [2.05, 4.69) is 0 Å². The predicted octanol–water partition coefficient (Wildman–Crippen LogP) is 5.06. The van der Waals surface area contributed by atoms with Crippen molar-refractivity contribution in [2.24, 2.45) is 5.92 Å². The van der Waals surface area contributed by atoms with Gasteiger partial charge in [0.1, 0.15) is 0 Å². The van der Waals surface area contributed by atoms with Crippen molar-refractivity contribution in [3.63, 3.8) is 0 Å². The van der Waals surface area contributed by atoms with Crippen molar-refractivity contribution in [1.82, 2.24) is 0 Å². The highest BCUT2D eigenvalue weighted by Crippen LogP contribution is 2.42. The number of halogens is 3. The van der Waals surface area contributed by atoms with Crippen molar-refractivity contribution in [2.75, 3.05) is 6.61 Å². The number of benzene rings is 1. The molecule has 1 saturated carbocycles. The van der Waals surface area contributed by atoms with E-state index >= 15 is 0 Å². The second-order valence-corrected chi connectivity index (χ2v) is 5.47. The molecular weight excluding hydrogens is 265 g/mol. The zero-order chi connectivity index (χ0) is 14.6. The third kappa shape index (κ3) is 3.98. The molecule has 1 aliphatic carbocycles. The van der Waals surface area contributed by atoms with Crippen LogP contribution in [0.1, 0.15) is 49.7 Å². The first kappa shape index (κ1) is 15.4. The molecule has 0 radical (unpaired) electrons. The van der Waals surface area contributed by atoms with Crippen LogP contribution in [-0.2, 0) is 11.3 Å². The van der Waals surface area contributed by atoms with E-state index in [1.165, 1.54) is 0 Å². The Morgan fingerprint density at radius 1 is 1.05 bits per heavy atom. The standard InChI is InChI=1S/C16H21F3O/c1-2-20-11-12-3-5-13(6-4-12)14-7-9-15(10-8-14)16(17,18)19/h3-6,14-15H,2,7-11H2,1H3. The minimum atomic E-state index is -4.02. The summed E-state index contributed by atoms with van der Waals surface area (Å²) < 4.78 is 43.2. The second kappa shape index (κ2) is 6.61. The normalized spacial score (nSPS) is 23.8. The van der Waals surface area contributed by atoms with Crippen molar-refractivity contribution >= 4 is 0 Å². The predicted molar refractivity (Wildman–Crippen MR) is 72.5 cm³/mol. The van der Waals surface area contributed by atoms with E-state index < -0.39 is 12.1 Å². The Labute approximate surface area is 118 Å². The maximum atomic E-state index is 12.6. The summed E-state index contributed by atoms with van der Waals surface area (Å²) in [4.78, 5) is 0. The average molecular weight is 286 g/mol. The molecule has 1 aromatic rings. The Morgan fingerprint density at radius 3 is 2.15 bits per heavy atom. The number of hydrogen-bond acceptors (Lipinski definition) is 1. The molecule has 0 unspecified atom stereocenters. The first-order valence-electron chi connectivity index (χ1n) is 7.24. The Morgan fingerprint density at radius 2 is 1.65 bits per heavy atom. The van der Waals surface area contributed by atoms with Crippen LogP contribution in [0.5, 0.6) is 0 Å². The number of ether oxygens (including phenoxy) is 1. The molecule has 1 nitrogen and oxygen atoms in total. The highest BCUT2D eigenvalue weighted by atomic mass is 19.4. The Kier molecular flexibility index (Phi) is 5.08. The van der Waals surface area contributed by atoms with Gasteiger partial charge in [0.25, 0.3) is 0 Å². The first-order chi connectivity index (χ1) is 9.50. The van der Waals surface area contributed by atoms with Gasteiger partial charge in [-0.25, -0.2) is 0 Å². The Balaban J connectivity index is 1.90. The molecule has 0 N–H and O–H groups in total. The van der Waals surface area contributed by atoms with E-state index in [0.29, 0.717) is 26.1 Å². The second-order valence-electron chi connectivity index (χ2n) is 5.47. The van der Waals surface area contributed by atoms with Gasteiger partial charge in [-0.2, -0.15) is 13.2 Å². The molecule has 4 heteroatoms. The maximum Gasteiger partial charge on any atom is 0.391 e. The zero-order valence-corrected chi connectivity index (χ0v) is 11.7. The molecule has 0 amide bonds. The monoisotopic (exact) mass is 286 g/mol. The number of hydrogen-bond donors (Lipinski definition) is 0. The van der Waals surface area contributed by atoms with E-state index in [9.17, 15) is 13.2 Å². The molecule has 1 aliphatic rings. The van der Waals surface area contributed by atoms with Crippen molar-refractivity contribution in [3.05, 3.63) is 35.4 Å². The number of alkyl halides is 3. The van der Waals surface area contributed by atoms with E-state index in [4.69, 9.17) is 4.74 Å². The summed E-state index contributed by atoms with van der Waals surface area (Å²) in [5, 5.41) is 0. The molecule has 0 heterocycles. The zero-order valence-electron chi connectivity index (χ0n) is 11.7. The van der Waals surface area contributed by atoms with Gasteiger partial charge in [-0.05, 0) is 49.7 Å². The number of rotatable bonds is 4. The minimum absolute atomic E-state index is 0.259. The SMILES string of the molecule is CCOCc1ccc(C2CCC(C(F)(F)F)CC2)cc1. The van der Waals surface area contributed by atoms with Gasteiger partial charge in [0, 0.05) is 6.61 Å². The molecule has 0 aromatic heterocycles. The van der Waals surface area contributed by atoms with Crippen LogP contribution in [-0.4, -0.2) is 12.8 Å². The van der Waals surface area contributed by atoms with Gasteiger partial charge in [-0.1, -0.05) is 24.3 Å². The fraction of sp³-hybridized carbons (Fsp3) is 0.625. The van der Waals surface area contributed by atoms with Crippen molar-refractivity contribution < 1.29 is 17.9 Å². The van der Waals surface area contributed by atoms with Crippen LogP contribution in [0.15, 0.2) is 24.3 Å². The lowest BCUT2D eigenvalue weighted by molar-refractivity contribution is -0.182. The van der Waals surface area contributed by atoms with Gasteiger partial charge in [0.2, 0.25) is 0 Å². The molecule has 1 fully saturated rings. The van der Waals surface area contributed by atoms with E-state index in [0.717, 1.165) is 11.1 Å². The minimum Gasteiger partial charge on any atom is -0.377 e. The molecule has 0 aliphatic heterocycles. The first-order valence-corrected chi connectivity index (χ1v) is 7.24. The Bertz CT molecular complexity index is 403. The van der Waals surface area contributed by atoms with Crippen molar-refractivity contribution in [3.8, 4) is 0 Å². The topological polar surface area (TPSA) is 9.23 Å². The van der Waals surface area contributed by atoms with Gasteiger partial charge >= 0.3 is 6.18 Å². The third-order valence-electron chi connectivity index (χ3n) is 4.11. The summed E-state index contributed by atoms with van der Waals surface area (Å²) in [6, 6.07) is 8.10. The quantitative estimate of drug-likeness (QED) is 0.751. The lowest BCUT2D eigenvalue weighted by Crippen LogP contribution is -2.27. The molecule has 2 rings (SSSR count). The van der Waals surface area contributed by atoms with Gasteiger partial charge in [-0.3, -0.25) is 0 Å². The summed E-state index contributed by atoms with van der Waals surface area (Å²) in [7, 11) is 0. The van der Waals surface area contributed by atoms with Gasteiger partial charge in [0.05, 0.1) is 12.5 Å². The summed E-state index contributed by atoms with van der Waals surface area (Å²) in [6.45, 7) is 3.23. The van der Waals surface area contributed by atoms with Crippen molar-refractivity contribution in [1.29, 1.82) is 0 Å². The molecule has 0 spiro atoms.